The summed E-state index contributed by atoms with van der Waals surface area (Å²) >= 11 is 0. The first-order chi connectivity index (χ1) is 7.87. The number of piperazine rings is 1. The summed E-state index contributed by atoms with van der Waals surface area (Å²) in [5, 5.41) is 3.42. The SMILES string of the molecule is CC(C)CC1CN(CCCC(F)(F)F)CCN1. The van der Waals surface area contributed by atoms with Crippen LogP contribution in [0.3, 0.4) is 0 Å². The molecular formula is C12H23F3N2. The summed E-state index contributed by atoms with van der Waals surface area (Å²) in [6.07, 6.45) is -3.36. The predicted octanol–water partition coefficient (Wildman–Crippen LogP) is 2.65. The van der Waals surface area contributed by atoms with Crippen LogP contribution in [0, 0.1) is 5.92 Å². The van der Waals surface area contributed by atoms with E-state index >= 15 is 0 Å². The second-order valence-corrected chi connectivity index (χ2v) is 5.30. The molecule has 0 saturated carbocycles. The quantitative estimate of drug-likeness (QED) is 0.809. The normalized spacial score (nSPS) is 23.3. The molecule has 1 saturated heterocycles. The second kappa shape index (κ2) is 6.59. The van der Waals surface area contributed by atoms with Crippen molar-refractivity contribution in [3.8, 4) is 0 Å². The highest BCUT2D eigenvalue weighted by molar-refractivity contribution is 4.79. The number of halogens is 3. The monoisotopic (exact) mass is 252 g/mol. The van der Waals surface area contributed by atoms with Crippen LogP contribution in [0.1, 0.15) is 33.1 Å². The van der Waals surface area contributed by atoms with Crippen LogP contribution in [-0.2, 0) is 0 Å². The fourth-order valence-corrected chi connectivity index (χ4v) is 2.33. The molecule has 2 nitrogen and oxygen atoms in total. The van der Waals surface area contributed by atoms with E-state index < -0.39 is 12.6 Å². The van der Waals surface area contributed by atoms with Gasteiger partial charge in [0.25, 0.3) is 0 Å². The highest BCUT2D eigenvalue weighted by atomic mass is 19.4. The lowest BCUT2D eigenvalue weighted by atomic mass is 10.0. The van der Waals surface area contributed by atoms with Gasteiger partial charge in [0.2, 0.25) is 0 Å². The van der Waals surface area contributed by atoms with Crippen LogP contribution in [0.5, 0.6) is 0 Å². The van der Waals surface area contributed by atoms with Crippen LogP contribution in [0.15, 0.2) is 0 Å². The van der Waals surface area contributed by atoms with Gasteiger partial charge in [0, 0.05) is 32.1 Å². The van der Waals surface area contributed by atoms with Gasteiger partial charge in [-0.15, -0.1) is 0 Å². The summed E-state index contributed by atoms with van der Waals surface area (Å²) < 4.78 is 36.1. The Morgan fingerprint density at radius 2 is 2.06 bits per heavy atom. The van der Waals surface area contributed by atoms with E-state index in [9.17, 15) is 13.2 Å². The predicted molar refractivity (Wildman–Crippen MR) is 63.0 cm³/mol. The largest absolute Gasteiger partial charge is 0.389 e. The second-order valence-electron chi connectivity index (χ2n) is 5.30. The molecule has 0 aromatic heterocycles. The number of alkyl halides is 3. The Morgan fingerprint density at radius 1 is 1.35 bits per heavy atom. The third kappa shape index (κ3) is 6.88. The maximum absolute atomic E-state index is 12.0. The zero-order valence-electron chi connectivity index (χ0n) is 10.7. The summed E-state index contributed by atoms with van der Waals surface area (Å²) in [6, 6.07) is 0.439. The zero-order chi connectivity index (χ0) is 12.9. The molecule has 5 heteroatoms. The summed E-state index contributed by atoms with van der Waals surface area (Å²) in [5.41, 5.74) is 0. The Bertz CT molecular complexity index is 216. The van der Waals surface area contributed by atoms with Crippen LogP contribution < -0.4 is 5.32 Å². The average Bonchev–Trinajstić information content (AvgIpc) is 2.15. The minimum Gasteiger partial charge on any atom is -0.311 e. The lowest BCUT2D eigenvalue weighted by Gasteiger charge is -2.34. The molecule has 1 aliphatic heterocycles. The fourth-order valence-electron chi connectivity index (χ4n) is 2.33. The first-order valence-corrected chi connectivity index (χ1v) is 6.39. The van der Waals surface area contributed by atoms with Crippen molar-refractivity contribution in [1.29, 1.82) is 0 Å². The molecular weight excluding hydrogens is 229 g/mol. The standard InChI is InChI=1S/C12H23F3N2/c1-10(2)8-11-9-17(7-5-16-11)6-3-4-12(13,14)15/h10-11,16H,3-9H2,1-2H3. The molecule has 0 bridgehead atoms. The first-order valence-electron chi connectivity index (χ1n) is 6.39. The van der Waals surface area contributed by atoms with Gasteiger partial charge in [-0.05, 0) is 25.3 Å². The van der Waals surface area contributed by atoms with E-state index in [2.05, 4.69) is 24.1 Å². The van der Waals surface area contributed by atoms with Crippen molar-refractivity contribution in [2.24, 2.45) is 5.92 Å². The van der Waals surface area contributed by atoms with Crippen molar-refractivity contribution in [2.45, 2.75) is 45.3 Å². The van der Waals surface area contributed by atoms with Crippen LogP contribution >= 0.6 is 0 Å². The van der Waals surface area contributed by atoms with Gasteiger partial charge < -0.3 is 10.2 Å². The molecule has 102 valence electrons. The lowest BCUT2D eigenvalue weighted by Crippen LogP contribution is -2.51. The molecule has 0 aliphatic carbocycles. The third-order valence-corrected chi connectivity index (χ3v) is 3.03. The lowest BCUT2D eigenvalue weighted by molar-refractivity contribution is -0.136. The molecule has 1 aliphatic rings. The Balaban J connectivity index is 2.20. The molecule has 0 spiro atoms. The Kier molecular flexibility index (Phi) is 5.73. The number of rotatable bonds is 5. The minimum atomic E-state index is -4.01. The maximum Gasteiger partial charge on any atom is 0.389 e. The summed E-state index contributed by atoms with van der Waals surface area (Å²) in [6.45, 7) is 7.55. The van der Waals surface area contributed by atoms with E-state index in [-0.39, 0.29) is 6.42 Å². The van der Waals surface area contributed by atoms with E-state index in [1.54, 1.807) is 0 Å². The van der Waals surface area contributed by atoms with E-state index in [4.69, 9.17) is 0 Å². The molecule has 0 radical (unpaired) electrons. The van der Waals surface area contributed by atoms with Crippen molar-refractivity contribution in [3.63, 3.8) is 0 Å². The molecule has 1 fully saturated rings. The van der Waals surface area contributed by atoms with Crippen molar-refractivity contribution in [1.82, 2.24) is 10.2 Å². The van der Waals surface area contributed by atoms with Gasteiger partial charge in [0.15, 0.2) is 0 Å². The van der Waals surface area contributed by atoms with E-state index in [1.165, 1.54) is 0 Å². The minimum absolute atomic E-state index is 0.220. The first kappa shape index (κ1) is 14.8. The molecule has 1 N–H and O–H groups in total. The molecule has 0 aromatic carbocycles. The molecule has 17 heavy (non-hydrogen) atoms. The highest BCUT2D eigenvalue weighted by Crippen LogP contribution is 2.21. The van der Waals surface area contributed by atoms with Gasteiger partial charge in [-0.25, -0.2) is 0 Å². The summed E-state index contributed by atoms with van der Waals surface area (Å²) in [4.78, 5) is 2.15. The Morgan fingerprint density at radius 3 is 2.65 bits per heavy atom. The Labute approximate surface area is 102 Å². The van der Waals surface area contributed by atoms with Crippen molar-refractivity contribution in [2.75, 3.05) is 26.2 Å². The summed E-state index contributed by atoms with van der Waals surface area (Å²) in [5.74, 6) is 0.627. The Hall–Kier alpha value is -0.290. The summed E-state index contributed by atoms with van der Waals surface area (Å²) in [7, 11) is 0. The topological polar surface area (TPSA) is 15.3 Å². The van der Waals surface area contributed by atoms with Crippen molar-refractivity contribution in [3.05, 3.63) is 0 Å². The van der Waals surface area contributed by atoms with Gasteiger partial charge in [-0.1, -0.05) is 13.8 Å². The number of hydrogen-bond donors (Lipinski definition) is 1. The van der Waals surface area contributed by atoms with Gasteiger partial charge in [0.1, 0.15) is 0 Å². The highest BCUT2D eigenvalue weighted by Gasteiger charge is 2.27. The molecule has 1 unspecified atom stereocenters. The molecule has 0 aromatic rings. The van der Waals surface area contributed by atoms with Crippen LogP contribution in [0.25, 0.3) is 0 Å². The molecule has 0 amide bonds. The van der Waals surface area contributed by atoms with Gasteiger partial charge in [-0.3, -0.25) is 0 Å². The number of nitrogens with zero attached hydrogens (tertiary/aromatic N) is 1. The van der Waals surface area contributed by atoms with Gasteiger partial charge >= 0.3 is 6.18 Å². The van der Waals surface area contributed by atoms with E-state index in [1.807, 2.05) is 0 Å². The molecule has 1 rings (SSSR count). The number of hydrogen-bond acceptors (Lipinski definition) is 2. The van der Waals surface area contributed by atoms with Crippen molar-refractivity contribution < 1.29 is 13.2 Å². The van der Waals surface area contributed by atoms with Gasteiger partial charge in [-0.2, -0.15) is 13.2 Å². The van der Waals surface area contributed by atoms with Crippen LogP contribution in [-0.4, -0.2) is 43.3 Å². The van der Waals surface area contributed by atoms with E-state index in [0.717, 1.165) is 26.1 Å². The number of nitrogens with one attached hydrogen (secondary N) is 1. The third-order valence-electron chi connectivity index (χ3n) is 3.03. The average molecular weight is 252 g/mol. The van der Waals surface area contributed by atoms with Crippen LogP contribution in [0.2, 0.25) is 0 Å². The van der Waals surface area contributed by atoms with E-state index in [0.29, 0.717) is 18.5 Å². The maximum atomic E-state index is 12.0. The fraction of sp³-hybridized carbons (Fsp3) is 1.00. The van der Waals surface area contributed by atoms with Crippen LogP contribution in [0.4, 0.5) is 13.2 Å². The zero-order valence-corrected chi connectivity index (χ0v) is 10.7. The smallest absolute Gasteiger partial charge is 0.311 e. The molecule has 1 heterocycles. The molecule has 1 atom stereocenters. The van der Waals surface area contributed by atoms with Crippen molar-refractivity contribution >= 4 is 0 Å². The van der Waals surface area contributed by atoms with Gasteiger partial charge in [0.05, 0.1) is 0 Å².